The molecule has 0 saturated heterocycles. The number of aliphatic carboxylic acids is 1. The third kappa shape index (κ3) is 7.97. The second-order valence-electron chi connectivity index (χ2n) is 3.18. The molecule has 5 heteroatoms. The van der Waals surface area contributed by atoms with Crippen LogP contribution in [0.15, 0.2) is 0 Å². The lowest BCUT2D eigenvalue weighted by molar-refractivity contribution is -0.139. The minimum Gasteiger partial charge on any atom is -0.481 e. The van der Waals surface area contributed by atoms with Crippen molar-refractivity contribution in [3.63, 3.8) is 0 Å². The number of carboxylic acids is 1. The van der Waals surface area contributed by atoms with Crippen molar-refractivity contribution in [2.24, 2.45) is 0 Å². The summed E-state index contributed by atoms with van der Waals surface area (Å²) in [4.78, 5) is 10.2. The van der Waals surface area contributed by atoms with Crippen molar-refractivity contribution in [3.05, 3.63) is 0 Å². The van der Waals surface area contributed by atoms with Crippen LogP contribution in [0.4, 0.5) is 0 Å². The van der Waals surface area contributed by atoms with Gasteiger partial charge in [0.25, 0.3) is 0 Å². The molecule has 84 valence electrons. The SMILES string of the molecule is CCOC(C)CNCC(O)CC(=O)O. The van der Waals surface area contributed by atoms with Gasteiger partial charge in [-0.15, -0.1) is 0 Å². The van der Waals surface area contributed by atoms with Crippen LogP contribution in [0.25, 0.3) is 0 Å². The number of hydrogen-bond donors (Lipinski definition) is 3. The zero-order chi connectivity index (χ0) is 11.0. The Morgan fingerprint density at radius 2 is 2.14 bits per heavy atom. The first-order valence-electron chi connectivity index (χ1n) is 4.78. The number of hydrogen-bond acceptors (Lipinski definition) is 4. The summed E-state index contributed by atoms with van der Waals surface area (Å²) in [5.74, 6) is -0.989. The van der Waals surface area contributed by atoms with Crippen LogP contribution < -0.4 is 5.32 Å². The third-order valence-corrected chi connectivity index (χ3v) is 1.67. The smallest absolute Gasteiger partial charge is 0.306 e. The third-order valence-electron chi connectivity index (χ3n) is 1.67. The molecule has 0 aromatic carbocycles. The molecule has 0 amide bonds. The topological polar surface area (TPSA) is 78.8 Å². The highest BCUT2D eigenvalue weighted by molar-refractivity contribution is 5.67. The molecule has 2 unspecified atom stereocenters. The van der Waals surface area contributed by atoms with Crippen LogP contribution in [0.5, 0.6) is 0 Å². The Bertz CT molecular complexity index is 163. The van der Waals surface area contributed by atoms with E-state index in [-0.39, 0.29) is 19.1 Å². The van der Waals surface area contributed by atoms with E-state index in [1.54, 1.807) is 0 Å². The van der Waals surface area contributed by atoms with Gasteiger partial charge in [0.1, 0.15) is 0 Å². The number of nitrogens with one attached hydrogen (secondary N) is 1. The molecular formula is C9H19NO4. The Morgan fingerprint density at radius 3 is 2.64 bits per heavy atom. The Balaban J connectivity index is 3.38. The number of ether oxygens (including phenoxy) is 1. The van der Waals surface area contributed by atoms with E-state index in [0.29, 0.717) is 13.2 Å². The van der Waals surface area contributed by atoms with Gasteiger partial charge in [-0.3, -0.25) is 4.79 Å². The highest BCUT2D eigenvalue weighted by atomic mass is 16.5. The van der Waals surface area contributed by atoms with Gasteiger partial charge in [0.15, 0.2) is 0 Å². The lowest BCUT2D eigenvalue weighted by Gasteiger charge is -2.14. The molecule has 0 aromatic rings. The molecule has 0 aliphatic carbocycles. The average molecular weight is 205 g/mol. The quantitative estimate of drug-likeness (QED) is 0.513. The van der Waals surface area contributed by atoms with Gasteiger partial charge in [0.2, 0.25) is 0 Å². The van der Waals surface area contributed by atoms with Crippen LogP contribution >= 0.6 is 0 Å². The molecule has 0 fully saturated rings. The predicted molar refractivity (Wildman–Crippen MR) is 52.2 cm³/mol. The van der Waals surface area contributed by atoms with Gasteiger partial charge < -0.3 is 20.3 Å². The Kier molecular flexibility index (Phi) is 7.37. The van der Waals surface area contributed by atoms with Gasteiger partial charge in [0, 0.05) is 19.7 Å². The van der Waals surface area contributed by atoms with E-state index in [4.69, 9.17) is 9.84 Å². The first-order chi connectivity index (χ1) is 6.56. The van der Waals surface area contributed by atoms with E-state index in [1.165, 1.54) is 0 Å². The molecule has 0 spiro atoms. The number of rotatable bonds is 8. The molecule has 0 bridgehead atoms. The summed E-state index contributed by atoms with van der Waals surface area (Å²) in [7, 11) is 0. The Hall–Kier alpha value is -0.650. The van der Waals surface area contributed by atoms with E-state index >= 15 is 0 Å². The highest BCUT2D eigenvalue weighted by Crippen LogP contribution is 1.91. The molecule has 2 atom stereocenters. The van der Waals surface area contributed by atoms with Gasteiger partial charge in [-0.1, -0.05) is 0 Å². The lowest BCUT2D eigenvalue weighted by Crippen LogP contribution is -2.34. The summed E-state index contributed by atoms with van der Waals surface area (Å²) in [5, 5.41) is 20.5. The second kappa shape index (κ2) is 7.73. The fraction of sp³-hybridized carbons (Fsp3) is 0.889. The van der Waals surface area contributed by atoms with Gasteiger partial charge >= 0.3 is 5.97 Å². The van der Waals surface area contributed by atoms with Crippen molar-refractivity contribution in [1.29, 1.82) is 0 Å². The number of aliphatic hydroxyl groups is 1. The van der Waals surface area contributed by atoms with Crippen molar-refractivity contribution in [1.82, 2.24) is 5.32 Å². The van der Waals surface area contributed by atoms with Gasteiger partial charge in [-0.05, 0) is 13.8 Å². The zero-order valence-electron chi connectivity index (χ0n) is 8.69. The first-order valence-corrected chi connectivity index (χ1v) is 4.78. The largest absolute Gasteiger partial charge is 0.481 e. The van der Waals surface area contributed by atoms with Crippen LogP contribution in [0, 0.1) is 0 Å². The molecule has 5 nitrogen and oxygen atoms in total. The predicted octanol–water partition coefficient (Wildman–Crippen LogP) is -0.163. The van der Waals surface area contributed by atoms with E-state index < -0.39 is 12.1 Å². The average Bonchev–Trinajstić information content (AvgIpc) is 2.02. The summed E-state index contributed by atoms with van der Waals surface area (Å²) >= 11 is 0. The minimum atomic E-state index is -0.989. The Morgan fingerprint density at radius 1 is 1.50 bits per heavy atom. The molecule has 0 aliphatic heterocycles. The fourth-order valence-corrected chi connectivity index (χ4v) is 1.07. The summed E-state index contributed by atoms with van der Waals surface area (Å²) in [6, 6.07) is 0. The minimum absolute atomic E-state index is 0.0806. The van der Waals surface area contributed by atoms with Gasteiger partial charge in [-0.2, -0.15) is 0 Å². The van der Waals surface area contributed by atoms with Crippen molar-refractivity contribution >= 4 is 5.97 Å². The number of aliphatic hydroxyl groups excluding tert-OH is 1. The monoisotopic (exact) mass is 205 g/mol. The van der Waals surface area contributed by atoms with Crippen LogP contribution in [0.1, 0.15) is 20.3 Å². The van der Waals surface area contributed by atoms with Crippen LogP contribution in [-0.4, -0.2) is 48.1 Å². The molecule has 0 rings (SSSR count). The van der Waals surface area contributed by atoms with Crippen molar-refractivity contribution in [2.45, 2.75) is 32.5 Å². The molecular weight excluding hydrogens is 186 g/mol. The molecule has 14 heavy (non-hydrogen) atoms. The van der Waals surface area contributed by atoms with Crippen molar-refractivity contribution in [3.8, 4) is 0 Å². The molecule has 3 N–H and O–H groups in total. The van der Waals surface area contributed by atoms with Crippen molar-refractivity contribution in [2.75, 3.05) is 19.7 Å². The van der Waals surface area contributed by atoms with Crippen molar-refractivity contribution < 1.29 is 19.7 Å². The van der Waals surface area contributed by atoms with E-state index in [9.17, 15) is 9.90 Å². The lowest BCUT2D eigenvalue weighted by atomic mass is 10.2. The maximum atomic E-state index is 10.2. The molecule has 0 aromatic heterocycles. The summed E-state index contributed by atoms with van der Waals surface area (Å²) in [5.41, 5.74) is 0. The van der Waals surface area contributed by atoms with E-state index in [2.05, 4.69) is 5.32 Å². The van der Waals surface area contributed by atoms with Gasteiger partial charge in [0.05, 0.1) is 18.6 Å². The zero-order valence-corrected chi connectivity index (χ0v) is 8.69. The van der Waals surface area contributed by atoms with Gasteiger partial charge in [-0.25, -0.2) is 0 Å². The maximum Gasteiger partial charge on any atom is 0.306 e. The van der Waals surface area contributed by atoms with E-state index in [0.717, 1.165) is 0 Å². The standard InChI is InChI=1S/C9H19NO4/c1-3-14-7(2)5-10-6-8(11)4-9(12)13/h7-8,10-11H,3-6H2,1-2H3,(H,12,13). The Labute approximate surface area is 84.1 Å². The molecule has 0 aliphatic rings. The summed E-state index contributed by atoms with van der Waals surface area (Å²) in [6.45, 7) is 5.38. The van der Waals surface area contributed by atoms with Crippen LogP contribution in [-0.2, 0) is 9.53 Å². The number of carbonyl (C=O) groups is 1. The molecule has 0 heterocycles. The fourth-order valence-electron chi connectivity index (χ4n) is 1.07. The normalized spacial score (nSPS) is 15.1. The highest BCUT2D eigenvalue weighted by Gasteiger charge is 2.09. The van der Waals surface area contributed by atoms with Crippen LogP contribution in [0.2, 0.25) is 0 Å². The molecule has 0 radical (unpaired) electrons. The van der Waals surface area contributed by atoms with E-state index in [1.807, 2.05) is 13.8 Å². The molecule has 0 saturated carbocycles. The van der Waals surface area contributed by atoms with Crippen LogP contribution in [0.3, 0.4) is 0 Å². The summed E-state index contributed by atoms with van der Waals surface area (Å²) in [6.07, 6.45) is -0.978. The summed E-state index contributed by atoms with van der Waals surface area (Å²) < 4.78 is 5.24. The maximum absolute atomic E-state index is 10.2. The number of carboxylic acid groups (broad SMARTS) is 1. The second-order valence-corrected chi connectivity index (χ2v) is 3.18. The first kappa shape index (κ1) is 13.4.